The molecule has 0 heterocycles. The molecule has 0 aliphatic rings. The Labute approximate surface area is 136 Å². The smallest absolute Gasteiger partial charge is 0.124 e. The molecule has 0 bridgehead atoms. The lowest BCUT2D eigenvalue weighted by Crippen LogP contribution is -2.00. The summed E-state index contributed by atoms with van der Waals surface area (Å²) in [4.78, 5) is 0.0143. The fourth-order valence-electron chi connectivity index (χ4n) is 2.11. The monoisotopic (exact) mass is 398 g/mol. The van der Waals surface area contributed by atoms with Crippen molar-refractivity contribution in [1.82, 2.24) is 0 Å². The molecule has 106 valence electrons. The van der Waals surface area contributed by atoms with Crippen LogP contribution in [0.15, 0.2) is 40.9 Å². The number of ether oxygens (including phenoxy) is 2. The van der Waals surface area contributed by atoms with Crippen molar-refractivity contribution in [3.05, 3.63) is 57.6 Å². The molecule has 0 saturated carbocycles. The molecule has 0 fully saturated rings. The first-order chi connectivity index (χ1) is 9.56. The molecule has 1 atom stereocenters. The third-order valence-corrected chi connectivity index (χ3v) is 4.61. The fraction of sp³-hybridized carbons (Fsp3) is 0.250. The first-order valence-corrected chi connectivity index (χ1v) is 7.89. The highest BCUT2D eigenvalue weighted by atomic mass is 79.9. The molecule has 4 heteroatoms. The van der Waals surface area contributed by atoms with Crippen molar-refractivity contribution >= 4 is 31.9 Å². The molecule has 0 aliphatic heterocycles. The van der Waals surface area contributed by atoms with Gasteiger partial charge in [-0.25, -0.2) is 0 Å². The van der Waals surface area contributed by atoms with E-state index in [0.717, 1.165) is 27.1 Å². The molecule has 1 unspecified atom stereocenters. The van der Waals surface area contributed by atoms with Gasteiger partial charge in [0.05, 0.1) is 19.0 Å². The number of halogens is 2. The van der Waals surface area contributed by atoms with Crippen LogP contribution in [0.4, 0.5) is 0 Å². The Morgan fingerprint density at radius 2 is 1.60 bits per heavy atom. The van der Waals surface area contributed by atoms with Crippen LogP contribution >= 0.6 is 31.9 Å². The van der Waals surface area contributed by atoms with Gasteiger partial charge in [-0.15, -0.1) is 0 Å². The maximum Gasteiger partial charge on any atom is 0.124 e. The normalized spacial score (nSPS) is 12.1. The van der Waals surface area contributed by atoms with Gasteiger partial charge in [0.25, 0.3) is 0 Å². The number of rotatable bonds is 4. The van der Waals surface area contributed by atoms with Gasteiger partial charge in [0.1, 0.15) is 11.5 Å². The van der Waals surface area contributed by atoms with Gasteiger partial charge < -0.3 is 9.47 Å². The SMILES string of the molecule is COc1cc(Br)ccc1C(Br)c1cc(C)ccc1OC. The van der Waals surface area contributed by atoms with E-state index in [1.807, 2.05) is 30.3 Å². The van der Waals surface area contributed by atoms with Gasteiger partial charge >= 0.3 is 0 Å². The minimum atomic E-state index is 0.0143. The number of aryl methyl sites for hydroxylation is 1. The van der Waals surface area contributed by atoms with Crippen molar-refractivity contribution in [2.24, 2.45) is 0 Å². The lowest BCUT2D eigenvalue weighted by Gasteiger charge is -2.18. The van der Waals surface area contributed by atoms with Crippen molar-refractivity contribution in [2.75, 3.05) is 14.2 Å². The van der Waals surface area contributed by atoms with E-state index < -0.39 is 0 Å². The first-order valence-electron chi connectivity index (χ1n) is 6.19. The number of hydrogen-bond acceptors (Lipinski definition) is 2. The summed E-state index contributed by atoms with van der Waals surface area (Å²) < 4.78 is 11.9. The number of methoxy groups -OCH3 is 2. The molecular formula is C16H16Br2O2. The molecule has 20 heavy (non-hydrogen) atoms. The molecule has 0 aliphatic carbocycles. The van der Waals surface area contributed by atoms with Crippen LogP contribution in [0.3, 0.4) is 0 Å². The highest BCUT2D eigenvalue weighted by molar-refractivity contribution is 9.10. The largest absolute Gasteiger partial charge is 0.496 e. The Morgan fingerprint density at radius 3 is 2.25 bits per heavy atom. The van der Waals surface area contributed by atoms with E-state index in [9.17, 15) is 0 Å². The van der Waals surface area contributed by atoms with Crippen LogP contribution in [0.5, 0.6) is 11.5 Å². The summed E-state index contributed by atoms with van der Waals surface area (Å²) in [5.74, 6) is 1.70. The van der Waals surface area contributed by atoms with Gasteiger partial charge in [0, 0.05) is 15.6 Å². The Bertz CT molecular complexity index is 611. The third kappa shape index (κ3) is 3.18. The molecule has 0 N–H and O–H groups in total. The number of benzene rings is 2. The van der Waals surface area contributed by atoms with Crippen molar-refractivity contribution in [3.63, 3.8) is 0 Å². The second-order valence-corrected chi connectivity index (χ2v) is 6.33. The zero-order valence-corrected chi connectivity index (χ0v) is 14.8. The predicted octanol–water partition coefficient (Wildman–Crippen LogP) is 5.26. The van der Waals surface area contributed by atoms with E-state index >= 15 is 0 Å². The Hall–Kier alpha value is -1.00. The molecule has 2 rings (SSSR count). The Kier molecular flexibility index (Phi) is 5.11. The van der Waals surface area contributed by atoms with Gasteiger partial charge in [-0.3, -0.25) is 0 Å². The Balaban J connectivity index is 2.51. The van der Waals surface area contributed by atoms with Crippen LogP contribution in [0.1, 0.15) is 21.5 Å². The topological polar surface area (TPSA) is 18.5 Å². The maximum absolute atomic E-state index is 5.47. The third-order valence-electron chi connectivity index (χ3n) is 3.13. The van der Waals surface area contributed by atoms with Gasteiger partial charge in [0.15, 0.2) is 0 Å². The molecular weight excluding hydrogens is 384 g/mol. The van der Waals surface area contributed by atoms with Crippen molar-refractivity contribution in [1.29, 1.82) is 0 Å². The van der Waals surface area contributed by atoms with E-state index in [0.29, 0.717) is 0 Å². The lowest BCUT2D eigenvalue weighted by atomic mass is 10.0. The number of alkyl halides is 1. The standard InChI is InChI=1S/C16H16Br2O2/c1-10-4-7-14(19-2)13(8-10)16(18)12-6-5-11(17)9-15(12)20-3/h4-9,16H,1-3H3. The van der Waals surface area contributed by atoms with Gasteiger partial charge in [0.2, 0.25) is 0 Å². The van der Waals surface area contributed by atoms with Crippen molar-refractivity contribution in [2.45, 2.75) is 11.8 Å². The van der Waals surface area contributed by atoms with Gasteiger partial charge in [-0.1, -0.05) is 55.6 Å². The molecule has 2 aromatic rings. The van der Waals surface area contributed by atoms with Crippen LogP contribution < -0.4 is 9.47 Å². The lowest BCUT2D eigenvalue weighted by molar-refractivity contribution is 0.405. The quantitative estimate of drug-likeness (QED) is 0.653. The van der Waals surface area contributed by atoms with Crippen LogP contribution in [0.2, 0.25) is 0 Å². The minimum Gasteiger partial charge on any atom is -0.496 e. The summed E-state index contributed by atoms with van der Waals surface area (Å²) >= 11 is 7.22. The summed E-state index contributed by atoms with van der Waals surface area (Å²) in [6.07, 6.45) is 0. The zero-order chi connectivity index (χ0) is 14.7. The van der Waals surface area contributed by atoms with Crippen molar-refractivity contribution in [3.8, 4) is 11.5 Å². The van der Waals surface area contributed by atoms with E-state index in [4.69, 9.17) is 9.47 Å². The van der Waals surface area contributed by atoms with E-state index in [2.05, 4.69) is 44.8 Å². The first kappa shape index (κ1) is 15.4. The molecule has 0 radical (unpaired) electrons. The molecule has 2 nitrogen and oxygen atoms in total. The van der Waals surface area contributed by atoms with Crippen LogP contribution in [0.25, 0.3) is 0 Å². The predicted molar refractivity (Wildman–Crippen MR) is 89.2 cm³/mol. The average molecular weight is 400 g/mol. The molecule has 2 aromatic carbocycles. The van der Waals surface area contributed by atoms with Gasteiger partial charge in [-0.2, -0.15) is 0 Å². The average Bonchev–Trinajstić information content (AvgIpc) is 2.46. The highest BCUT2D eigenvalue weighted by Gasteiger charge is 2.19. The maximum atomic E-state index is 5.47. The minimum absolute atomic E-state index is 0.0143. The van der Waals surface area contributed by atoms with Crippen LogP contribution in [0, 0.1) is 6.92 Å². The summed E-state index contributed by atoms with van der Waals surface area (Å²) in [5, 5.41) is 0. The highest BCUT2D eigenvalue weighted by Crippen LogP contribution is 2.41. The summed E-state index contributed by atoms with van der Waals surface area (Å²) in [7, 11) is 3.37. The van der Waals surface area contributed by atoms with Crippen LogP contribution in [-0.2, 0) is 0 Å². The van der Waals surface area contributed by atoms with Gasteiger partial charge in [-0.05, 0) is 25.1 Å². The van der Waals surface area contributed by atoms with E-state index in [1.54, 1.807) is 14.2 Å². The van der Waals surface area contributed by atoms with Crippen molar-refractivity contribution < 1.29 is 9.47 Å². The van der Waals surface area contributed by atoms with E-state index in [-0.39, 0.29) is 4.83 Å². The Morgan fingerprint density at radius 1 is 0.900 bits per heavy atom. The molecule has 0 spiro atoms. The fourth-order valence-corrected chi connectivity index (χ4v) is 3.19. The van der Waals surface area contributed by atoms with E-state index in [1.165, 1.54) is 5.56 Å². The summed E-state index contributed by atoms with van der Waals surface area (Å²) in [5.41, 5.74) is 3.36. The molecule has 0 saturated heterocycles. The second kappa shape index (κ2) is 6.64. The van der Waals surface area contributed by atoms with Crippen LogP contribution in [-0.4, -0.2) is 14.2 Å². The summed E-state index contributed by atoms with van der Waals surface area (Å²) in [6.45, 7) is 2.07. The zero-order valence-electron chi connectivity index (χ0n) is 11.6. The summed E-state index contributed by atoms with van der Waals surface area (Å²) in [6, 6.07) is 12.2. The number of hydrogen-bond donors (Lipinski definition) is 0. The second-order valence-electron chi connectivity index (χ2n) is 4.49. The molecule has 0 aromatic heterocycles. The molecule has 0 amide bonds.